The number of phenolic OH excluding ortho intramolecular Hbond substituents is 1. The zero-order valence-electron chi connectivity index (χ0n) is 8.92. The molecule has 0 saturated carbocycles. The number of hydrogen-bond donors (Lipinski definition) is 1. The number of rotatable bonds is 5. The van der Waals surface area contributed by atoms with E-state index in [0.717, 1.165) is 30.6 Å². The fraction of sp³-hybridized carbons (Fsp3) is 0.500. The molecule has 1 aromatic rings. The maximum absolute atomic E-state index is 9.57. The number of aromatic hydroxyl groups is 1. The summed E-state index contributed by atoms with van der Waals surface area (Å²) in [6.07, 6.45) is 3.16. The van der Waals surface area contributed by atoms with Crippen molar-refractivity contribution in [1.82, 2.24) is 0 Å². The van der Waals surface area contributed by atoms with Gasteiger partial charge in [0.15, 0.2) is 0 Å². The highest BCUT2D eigenvalue weighted by atomic mass is 16.5. The van der Waals surface area contributed by atoms with Crippen LogP contribution in [0.15, 0.2) is 18.2 Å². The second kappa shape index (κ2) is 5.53. The lowest BCUT2D eigenvalue weighted by molar-refractivity contribution is 0.339. The van der Waals surface area contributed by atoms with Crippen LogP contribution < -0.4 is 4.74 Å². The zero-order chi connectivity index (χ0) is 10.4. The van der Waals surface area contributed by atoms with Crippen LogP contribution in [0.25, 0.3) is 0 Å². The van der Waals surface area contributed by atoms with Gasteiger partial charge in [0.1, 0.15) is 11.5 Å². The predicted octanol–water partition coefficient (Wildman–Crippen LogP) is 3.13. The maximum Gasteiger partial charge on any atom is 0.119 e. The van der Waals surface area contributed by atoms with Crippen LogP contribution in [-0.4, -0.2) is 11.7 Å². The van der Waals surface area contributed by atoms with Gasteiger partial charge in [0.05, 0.1) is 6.61 Å². The van der Waals surface area contributed by atoms with E-state index in [0.29, 0.717) is 12.4 Å². The van der Waals surface area contributed by atoms with E-state index in [-0.39, 0.29) is 0 Å². The molecule has 2 heteroatoms. The van der Waals surface area contributed by atoms with Crippen molar-refractivity contribution < 1.29 is 9.84 Å². The van der Waals surface area contributed by atoms with Gasteiger partial charge in [-0.05, 0) is 43.5 Å². The first-order valence-electron chi connectivity index (χ1n) is 5.22. The highest BCUT2D eigenvalue weighted by Crippen LogP contribution is 2.24. The van der Waals surface area contributed by atoms with Gasteiger partial charge in [0, 0.05) is 0 Å². The third kappa shape index (κ3) is 2.95. The summed E-state index contributed by atoms with van der Waals surface area (Å²) in [5.41, 5.74) is 0.984. The lowest BCUT2D eigenvalue weighted by Crippen LogP contribution is -1.93. The molecule has 0 spiro atoms. The Bertz CT molecular complexity index is 282. The van der Waals surface area contributed by atoms with Crippen molar-refractivity contribution in [3.63, 3.8) is 0 Å². The van der Waals surface area contributed by atoms with Crippen molar-refractivity contribution in [2.75, 3.05) is 6.61 Å². The zero-order valence-corrected chi connectivity index (χ0v) is 8.92. The summed E-state index contributed by atoms with van der Waals surface area (Å²) in [6.45, 7) is 4.76. The lowest BCUT2D eigenvalue weighted by Gasteiger charge is -2.07. The van der Waals surface area contributed by atoms with Crippen molar-refractivity contribution in [1.29, 1.82) is 0 Å². The molecule has 2 nitrogen and oxygen atoms in total. The Balaban J connectivity index is 2.74. The van der Waals surface area contributed by atoms with Crippen LogP contribution in [0, 0.1) is 0 Å². The topological polar surface area (TPSA) is 29.5 Å². The van der Waals surface area contributed by atoms with E-state index in [1.807, 2.05) is 13.0 Å². The minimum Gasteiger partial charge on any atom is -0.508 e. The van der Waals surface area contributed by atoms with Gasteiger partial charge in [0.2, 0.25) is 0 Å². The number of phenols is 1. The highest BCUT2D eigenvalue weighted by molar-refractivity contribution is 5.39. The summed E-state index contributed by atoms with van der Waals surface area (Å²) in [6, 6.07) is 5.43. The Hall–Kier alpha value is -1.18. The molecule has 0 aliphatic rings. The minimum atomic E-state index is 0.377. The Morgan fingerprint density at radius 3 is 2.71 bits per heavy atom. The third-order valence-corrected chi connectivity index (χ3v) is 2.16. The molecular weight excluding hydrogens is 176 g/mol. The van der Waals surface area contributed by atoms with E-state index in [1.54, 1.807) is 12.1 Å². The fourth-order valence-electron chi connectivity index (χ4n) is 1.39. The summed E-state index contributed by atoms with van der Waals surface area (Å²) in [7, 11) is 0. The molecule has 0 aliphatic carbocycles. The molecule has 78 valence electrons. The van der Waals surface area contributed by atoms with Gasteiger partial charge in [-0.2, -0.15) is 0 Å². The van der Waals surface area contributed by atoms with Gasteiger partial charge < -0.3 is 9.84 Å². The first kappa shape index (κ1) is 10.9. The molecule has 0 fully saturated rings. The number of aryl methyl sites for hydroxylation is 1. The molecule has 0 bridgehead atoms. The molecule has 0 heterocycles. The molecule has 14 heavy (non-hydrogen) atoms. The molecule has 0 amide bonds. The van der Waals surface area contributed by atoms with Gasteiger partial charge in [-0.3, -0.25) is 0 Å². The second-order valence-electron chi connectivity index (χ2n) is 3.33. The molecule has 0 aromatic heterocycles. The molecule has 1 N–H and O–H groups in total. The van der Waals surface area contributed by atoms with Gasteiger partial charge in [0.25, 0.3) is 0 Å². The van der Waals surface area contributed by atoms with E-state index >= 15 is 0 Å². The molecule has 0 radical (unpaired) electrons. The van der Waals surface area contributed by atoms with Gasteiger partial charge in [-0.15, -0.1) is 0 Å². The van der Waals surface area contributed by atoms with Crippen LogP contribution in [0.5, 0.6) is 11.5 Å². The van der Waals surface area contributed by atoms with Crippen molar-refractivity contribution in [3.05, 3.63) is 23.8 Å². The Morgan fingerprint density at radius 2 is 2.07 bits per heavy atom. The lowest BCUT2D eigenvalue weighted by atomic mass is 10.1. The van der Waals surface area contributed by atoms with Crippen molar-refractivity contribution in [2.45, 2.75) is 33.1 Å². The largest absolute Gasteiger partial charge is 0.508 e. The summed E-state index contributed by atoms with van der Waals surface area (Å²) < 4.78 is 5.37. The minimum absolute atomic E-state index is 0.377. The fourth-order valence-corrected chi connectivity index (χ4v) is 1.39. The molecule has 0 aliphatic heterocycles. The normalized spacial score (nSPS) is 10.1. The van der Waals surface area contributed by atoms with Crippen LogP contribution in [0.2, 0.25) is 0 Å². The number of ether oxygens (including phenoxy) is 1. The van der Waals surface area contributed by atoms with Crippen LogP contribution in [0.3, 0.4) is 0 Å². The van der Waals surface area contributed by atoms with Crippen molar-refractivity contribution >= 4 is 0 Å². The third-order valence-electron chi connectivity index (χ3n) is 2.16. The van der Waals surface area contributed by atoms with E-state index in [9.17, 15) is 5.11 Å². The average Bonchev–Trinajstić information content (AvgIpc) is 2.19. The molecule has 1 rings (SSSR count). The summed E-state index contributed by atoms with van der Waals surface area (Å²) in [5.74, 6) is 1.22. The van der Waals surface area contributed by atoms with Crippen LogP contribution in [0.1, 0.15) is 32.3 Å². The monoisotopic (exact) mass is 194 g/mol. The quantitative estimate of drug-likeness (QED) is 0.780. The number of hydrogen-bond acceptors (Lipinski definition) is 2. The first-order valence-corrected chi connectivity index (χ1v) is 5.22. The van der Waals surface area contributed by atoms with E-state index in [4.69, 9.17) is 4.74 Å². The predicted molar refractivity (Wildman–Crippen MR) is 57.9 cm³/mol. The van der Waals surface area contributed by atoms with Gasteiger partial charge in [-0.1, -0.05) is 13.3 Å². The standard InChI is InChI=1S/C12H18O2/c1-3-5-6-10-9-11(14-4-2)7-8-12(10)13/h7-9,13H,3-6H2,1-2H3. The molecule has 0 unspecified atom stereocenters. The Morgan fingerprint density at radius 1 is 1.29 bits per heavy atom. The molecule has 1 aromatic carbocycles. The number of benzene rings is 1. The van der Waals surface area contributed by atoms with Crippen molar-refractivity contribution in [2.24, 2.45) is 0 Å². The first-order chi connectivity index (χ1) is 6.77. The van der Waals surface area contributed by atoms with Gasteiger partial charge in [-0.25, -0.2) is 0 Å². The SMILES string of the molecule is CCCCc1cc(OCC)ccc1O. The summed E-state index contributed by atoms with van der Waals surface area (Å²) >= 11 is 0. The average molecular weight is 194 g/mol. The Labute approximate surface area is 85.5 Å². The van der Waals surface area contributed by atoms with Crippen LogP contribution in [0.4, 0.5) is 0 Å². The summed E-state index contributed by atoms with van der Waals surface area (Å²) in [4.78, 5) is 0. The molecular formula is C12H18O2. The molecule has 0 saturated heterocycles. The van der Waals surface area contributed by atoms with Crippen molar-refractivity contribution in [3.8, 4) is 11.5 Å². The van der Waals surface area contributed by atoms with E-state index < -0.39 is 0 Å². The summed E-state index contributed by atoms with van der Waals surface area (Å²) in [5, 5.41) is 9.57. The maximum atomic E-state index is 9.57. The smallest absolute Gasteiger partial charge is 0.119 e. The Kier molecular flexibility index (Phi) is 4.30. The van der Waals surface area contributed by atoms with E-state index in [1.165, 1.54) is 0 Å². The number of unbranched alkanes of at least 4 members (excludes halogenated alkanes) is 1. The van der Waals surface area contributed by atoms with E-state index in [2.05, 4.69) is 6.92 Å². The van der Waals surface area contributed by atoms with Crippen LogP contribution in [-0.2, 0) is 6.42 Å². The highest BCUT2D eigenvalue weighted by Gasteiger charge is 2.02. The molecule has 0 atom stereocenters. The van der Waals surface area contributed by atoms with Crippen LogP contribution >= 0.6 is 0 Å². The second-order valence-corrected chi connectivity index (χ2v) is 3.33. The van der Waals surface area contributed by atoms with Gasteiger partial charge >= 0.3 is 0 Å².